The second-order valence-electron chi connectivity index (χ2n) is 5.03. The molecule has 106 valence electrons. The molecule has 6 nitrogen and oxygen atoms in total. The predicted molar refractivity (Wildman–Crippen MR) is 68.5 cm³/mol. The van der Waals surface area contributed by atoms with E-state index in [4.69, 9.17) is 9.84 Å². The van der Waals surface area contributed by atoms with Crippen LogP contribution < -0.4 is 10.6 Å². The highest BCUT2D eigenvalue weighted by atomic mass is 16.5. The zero-order chi connectivity index (χ0) is 14.2. The van der Waals surface area contributed by atoms with Crippen molar-refractivity contribution in [1.29, 1.82) is 0 Å². The average Bonchev–Trinajstić information content (AvgIpc) is 2.30. The summed E-state index contributed by atoms with van der Waals surface area (Å²) in [6.07, 6.45) is 1.18. The van der Waals surface area contributed by atoms with Crippen LogP contribution in [0.1, 0.15) is 33.6 Å². The zero-order valence-corrected chi connectivity index (χ0v) is 11.6. The summed E-state index contributed by atoms with van der Waals surface area (Å²) in [5, 5.41) is 13.9. The number of carboxylic acid groups (broad SMARTS) is 1. The summed E-state index contributed by atoms with van der Waals surface area (Å²) in [6.45, 7) is 6.84. The monoisotopic (exact) mass is 260 g/mol. The van der Waals surface area contributed by atoms with Crippen molar-refractivity contribution in [3.63, 3.8) is 0 Å². The first-order valence-corrected chi connectivity index (χ1v) is 6.08. The minimum Gasteiger partial charge on any atom is -0.480 e. The fourth-order valence-electron chi connectivity index (χ4n) is 1.33. The fourth-order valence-corrected chi connectivity index (χ4v) is 1.33. The van der Waals surface area contributed by atoms with Crippen LogP contribution in [0, 0.1) is 5.41 Å². The first kappa shape index (κ1) is 16.7. The molecule has 18 heavy (non-hydrogen) atoms. The van der Waals surface area contributed by atoms with Crippen LogP contribution in [0.2, 0.25) is 0 Å². The van der Waals surface area contributed by atoms with E-state index in [0.717, 1.165) is 6.42 Å². The standard InChI is InChI=1S/C12H24N2O4/c1-5-9(10(15)16)14-11(17)13-8-12(2,3)6-7-18-4/h9H,5-8H2,1-4H3,(H,15,16)(H2,13,14,17)/t9-/m1/s1. The smallest absolute Gasteiger partial charge is 0.326 e. The molecule has 0 aliphatic heterocycles. The van der Waals surface area contributed by atoms with Crippen molar-refractivity contribution in [2.75, 3.05) is 20.3 Å². The van der Waals surface area contributed by atoms with Crippen molar-refractivity contribution in [1.82, 2.24) is 10.6 Å². The Kier molecular flexibility index (Phi) is 7.35. The molecule has 3 N–H and O–H groups in total. The summed E-state index contributed by atoms with van der Waals surface area (Å²) >= 11 is 0. The van der Waals surface area contributed by atoms with Crippen LogP contribution >= 0.6 is 0 Å². The van der Waals surface area contributed by atoms with Gasteiger partial charge in [0.2, 0.25) is 0 Å². The first-order chi connectivity index (χ1) is 8.32. The van der Waals surface area contributed by atoms with Gasteiger partial charge in [0.05, 0.1) is 0 Å². The van der Waals surface area contributed by atoms with E-state index < -0.39 is 18.0 Å². The Hall–Kier alpha value is -1.30. The molecule has 0 aromatic carbocycles. The average molecular weight is 260 g/mol. The third kappa shape index (κ3) is 7.11. The molecule has 0 aromatic rings. The number of methoxy groups -OCH3 is 1. The van der Waals surface area contributed by atoms with Gasteiger partial charge in [-0.1, -0.05) is 20.8 Å². The molecule has 0 aromatic heterocycles. The Balaban J connectivity index is 4.05. The van der Waals surface area contributed by atoms with Gasteiger partial charge in [-0.25, -0.2) is 9.59 Å². The van der Waals surface area contributed by atoms with Gasteiger partial charge < -0.3 is 20.5 Å². The number of hydrogen-bond donors (Lipinski definition) is 3. The molecule has 0 radical (unpaired) electrons. The van der Waals surface area contributed by atoms with E-state index >= 15 is 0 Å². The lowest BCUT2D eigenvalue weighted by atomic mass is 9.90. The van der Waals surface area contributed by atoms with Crippen LogP contribution in [0.3, 0.4) is 0 Å². The van der Waals surface area contributed by atoms with Crippen LogP contribution in [0.15, 0.2) is 0 Å². The summed E-state index contributed by atoms with van der Waals surface area (Å²) in [4.78, 5) is 22.3. The number of nitrogens with one attached hydrogen (secondary N) is 2. The van der Waals surface area contributed by atoms with E-state index in [2.05, 4.69) is 10.6 Å². The molecule has 0 spiro atoms. The highest BCUT2D eigenvalue weighted by molar-refractivity contribution is 5.82. The Morgan fingerprint density at radius 1 is 1.39 bits per heavy atom. The van der Waals surface area contributed by atoms with Gasteiger partial charge >= 0.3 is 12.0 Å². The van der Waals surface area contributed by atoms with Crippen molar-refractivity contribution in [3.8, 4) is 0 Å². The van der Waals surface area contributed by atoms with Crippen molar-refractivity contribution < 1.29 is 19.4 Å². The lowest BCUT2D eigenvalue weighted by Gasteiger charge is -2.25. The zero-order valence-electron chi connectivity index (χ0n) is 11.6. The Morgan fingerprint density at radius 3 is 2.44 bits per heavy atom. The van der Waals surface area contributed by atoms with E-state index in [-0.39, 0.29) is 5.41 Å². The van der Waals surface area contributed by atoms with E-state index in [0.29, 0.717) is 19.6 Å². The molecule has 0 heterocycles. The van der Waals surface area contributed by atoms with Crippen molar-refractivity contribution in [3.05, 3.63) is 0 Å². The molecular formula is C12H24N2O4. The number of ether oxygens (including phenoxy) is 1. The molecule has 0 aliphatic carbocycles. The molecule has 0 saturated heterocycles. The number of carbonyl (C=O) groups excluding carboxylic acids is 1. The van der Waals surface area contributed by atoms with Crippen LogP contribution in [0.4, 0.5) is 4.79 Å². The second kappa shape index (κ2) is 7.92. The number of amides is 2. The third-order valence-electron chi connectivity index (χ3n) is 2.72. The number of urea groups is 1. The maximum Gasteiger partial charge on any atom is 0.326 e. The van der Waals surface area contributed by atoms with E-state index in [1.54, 1.807) is 14.0 Å². The second-order valence-corrected chi connectivity index (χ2v) is 5.03. The first-order valence-electron chi connectivity index (χ1n) is 6.08. The van der Waals surface area contributed by atoms with Crippen molar-refractivity contribution in [2.24, 2.45) is 5.41 Å². The van der Waals surface area contributed by atoms with Gasteiger partial charge in [0.1, 0.15) is 6.04 Å². The van der Waals surface area contributed by atoms with Crippen LogP contribution in [-0.4, -0.2) is 43.4 Å². The number of carbonyl (C=O) groups is 2. The molecule has 6 heteroatoms. The topological polar surface area (TPSA) is 87.7 Å². The number of rotatable bonds is 8. The molecule has 2 amide bonds. The van der Waals surface area contributed by atoms with E-state index in [1.807, 2.05) is 13.8 Å². The van der Waals surface area contributed by atoms with Crippen LogP contribution in [0.25, 0.3) is 0 Å². The normalized spacial score (nSPS) is 12.9. The minimum atomic E-state index is -1.02. The fraction of sp³-hybridized carbons (Fsp3) is 0.833. The summed E-state index contributed by atoms with van der Waals surface area (Å²) < 4.78 is 4.99. The van der Waals surface area contributed by atoms with Gasteiger partial charge in [0.25, 0.3) is 0 Å². The van der Waals surface area contributed by atoms with Gasteiger partial charge in [-0.2, -0.15) is 0 Å². The van der Waals surface area contributed by atoms with Crippen molar-refractivity contribution >= 4 is 12.0 Å². The van der Waals surface area contributed by atoms with Gasteiger partial charge in [-0.15, -0.1) is 0 Å². The Morgan fingerprint density at radius 2 is 2.00 bits per heavy atom. The Bertz CT molecular complexity index is 279. The lowest BCUT2D eigenvalue weighted by Crippen LogP contribution is -2.47. The molecule has 0 rings (SSSR count). The summed E-state index contributed by atoms with van der Waals surface area (Å²) in [5.41, 5.74) is -0.0850. The highest BCUT2D eigenvalue weighted by Crippen LogP contribution is 2.18. The third-order valence-corrected chi connectivity index (χ3v) is 2.72. The largest absolute Gasteiger partial charge is 0.480 e. The molecule has 1 atom stereocenters. The molecular weight excluding hydrogens is 236 g/mol. The quantitative estimate of drug-likeness (QED) is 0.612. The number of carboxylic acids is 1. The van der Waals surface area contributed by atoms with Gasteiger partial charge in [0.15, 0.2) is 0 Å². The summed E-state index contributed by atoms with van der Waals surface area (Å²) in [6, 6.07) is -1.29. The molecule has 0 fully saturated rings. The molecule has 0 bridgehead atoms. The van der Waals surface area contributed by atoms with Crippen LogP contribution in [0.5, 0.6) is 0 Å². The Labute approximate surface area is 108 Å². The van der Waals surface area contributed by atoms with E-state index in [1.165, 1.54) is 0 Å². The SMILES string of the molecule is CC[C@@H](NC(=O)NCC(C)(C)CCOC)C(=O)O. The number of hydrogen-bond acceptors (Lipinski definition) is 3. The minimum absolute atomic E-state index is 0.0850. The van der Waals surface area contributed by atoms with Crippen molar-refractivity contribution in [2.45, 2.75) is 39.7 Å². The van der Waals surface area contributed by atoms with Crippen LogP contribution in [-0.2, 0) is 9.53 Å². The van der Waals surface area contributed by atoms with Gasteiger partial charge in [0, 0.05) is 20.3 Å². The highest BCUT2D eigenvalue weighted by Gasteiger charge is 2.21. The molecule has 0 unspecified atom stereocenters. The van der Waals surface area contributed by atoms with E-state index in [9.17, 15) is 9.59 Å². The maximum absolute atomic E-state index is 11.5. The van der Waals surface area contributed by atoms with Gasteiger partial charge in [-0.05, 0) is 18.3 Å². The number of aliphatic carboxylic acids is 1. The summed E-state index contributed by atoms with van der Waals surface area (Å²) in [7, 11) is 1.63. The maximum atomic E-state index is 11.5. The predicted octanol–water partition coefficient (Wildman–Crippen LogP) is 1.21. The summed E-state index contributed by atoms with van der Waals surface area (Å²) in [5.74, 6) is -1.02. The lowest BCUT2D eigenvalue weighted by molar-refractivity contribution is -0.139. The van der Waals surface area contributed by atoms with Gasteiger partial charge in [-0.3, -0.25) is 0 Å². The molecule has 0 aliphatic rings. The molecule has 0 saturated carbocycles.